The van der Waals surface area contributed by atoms with E-state index in [2.05, 4.69) is 0 Å². The van der Waals surface area contributed by atoms with E-state index in [1.807, 2.05) is 11.8 Å². The third-order valence-electron chi connectivity index (χ3n) is 3.25. The number of likely N-dealkylation sites (tertiary alicyclic amines) is 1. The minimum Gasteiger partial charge on any atom is -0.392 e. The average molecular weight is 254 g/mol. The summed E-state index contributed by atoms with van der Waals surface area (Å²) in [6.07, 6.45) is 0.452. The van der Waals surface area contributed by atoms with Gasteiger partial charge in [-0.1, -0.05) is 11.6 Å². The number of halogens is 1. The molecule has 4 heteroatoms. The first-order valence-corrected chi connectivity index (χ1v) is 6.17. The van der Waals surface area contributed by atoms with Crippen LogP contribution in [0.3, 0.4) is 0 Å². The van der Waals surface area contributed by atoms with Gasteiger partial charge in [0, 0.05) is 23.7 Å². The predicted molar refractivity (Wildman–Crippen MR) is 67.4 cm³/mol. The van der Waals surface area contributed by atoms with Gasteiger partial charge in [0.15, 0.2) is 5.78 Å². The fraction of sp³-hybridized carbons (Fsp3) is 0.462. The van der Waals surface area contributed by atoms with Crippen molar-refractivity contribution in [3.05, 3.63) is 34.9 Å². The summed E-state index contributed by atoms with van der Waals surface area (Å²) in [5.74, 6) is 0.0794. The predicted octanol–water partition coefficient (Wildman–Crippen LogP) is 1.98. The summed E-state index contributed by atoms with van der Waals surface area (Å²) >= 11 is 5.79. The highest BCUT2D eigenvalue weighted by Gasteiger charge is 2.28. The molecule has 2 atom stereocenters. The Morgan fingerprint density at radius 1 is 1.47 bits per heavy atom. The lowest BCUT2D eigenvalue weighted by Crippen LogP contribution is -2.37. The number of benzene rings is 1. The third-order valence-corrected chi connectivity index (χ3v) is 3.50. The molecule has 1 aromatic rings. The Kier molecular flexibility index (Phi) is 3.82. The SMILES string of the molecule is CC(C(=O)c1ccc(Cl)cc1)N1CCC(O)C1. The van der Waals surface area contributed by atoms with Crippen LogP contribution in [0.1, 0.15) is 23.7 Å². The van der Waals surface area contributed by atoms with Crippen molar-refractivity contribution in [2.45, 2.75) is 25.5 Å². The Morgan fingerprint density at radius 2 is 2.12 bits per heavy atom. The molecule has 0 aliphatic carbocycles. The Bertz CT molecular complexity index is 404. The highest BCUT2D eigenvalue weighted by atomic mass is 35.5. The van der Waals surface area contributed by atoms with Gasteiger partial charge in [0.2, 0.25) is 0 Å². The standard InChI is InChI=1S/C13H16ClNO2/c1-9(15-7-6-12(16)8-15)13(17)10-2-4-11(14)5-3-10/h2-5,9,12,16H,6-8H2,1H3. The molecular formula is C13H16ClNO2. The van der Waals surface area contributed by atoms with Crippen molar-refractivity contribution in [1.82, 2.24) is 4.90 Å². The van der Waals surface area contributed by atoms with Crippen LogP contribution in [0.25, 0.3) is 0 Å². The number of hydrogen-bond donors (Lipinski definition) is 1. The van der Waals surface area contributed by atoms with Crippen LogP contribution in [-0.2, 0) is 0 Å². The molecule has 3 nitrogen and oxygen atoms in total. The lowest BCUT2D eigenvalue weighted by Gasteiger charge is -2.22. The molecule has 1 heterocycles. The van der Waals surface area contributed by atoms with Crippen LogP contribution < -0.4 is 0 Å². The molecule has 1 saturated heterocycles. The molecule has 0 spiro atoms. The normalized spacial score (nSPS) is 22.6. The first-order chi connectivity index (χ1) is 8.08. The number of ketones is 1. The summed E-state index contributed by atoms with van der Waals surface area (Å²) in [5.41, 5.74) is 0.670. The molecule has 0 aromatic heterocycles. The van der Waals surface area contributed by atoms with Gasteiger partial charge in [0.1, 0.15) is 0 Å². The van der Waals surface area contributed by atoms with Gasteiger partial charge in [-0.3, -0.25) is 9.69 Å². The Balaban J connectivity index is 2.06. The molecular weight excluding hydrogens is 238 g/mol. The summed E-state index contributed by atoms with van der Waals surface area (Å²) in [7, 11) is 0. The van der Waals surface area contributed by atoms with Gasteiger partial charge in [-0.25, -0.2) is 0 Å². The van der Waals surface area contributed by atoms with Crippen molar-refractivity contribution in [3.8, 4) is 0 Å². The van der Waals surface area contributed by atoms with Gasteiger partial charge < -0.3 is 5.11 Å². The number of nitrogens with zero attached hydrogens (tertiary/aromatic N) is 1. The Morgan fingerprint density at radius 3 is 2.65 bits per heavy atom. The van der Waals surface area contributed by atoms with Gasteiger partial charge in [0.25, 0.3) is 0 Å². The summed E-state index contributed by atoms with van der Waals surface area (Å²) in [6, 6.07) is 6.75. The van der Waals surface area contributed by atoms with E-state index < -0.39 is 0 Å². The number of Topliss-reactive ketones (excluding diaryl/α,β-unsaturated/α-hetero) is 1. The van der Waals surface area contributed by atoms with Crippen molar-refractivity contribution in [2.24, 2.45) is 0 Å². The van der Waals surface area contributed by atoms with E-state index in [0.29, 0.717) is 17.1 Å². The number of carbonyl (C=O) groups excluding carboxylic acids is 1. The van der Waals surface area contributed by atoms with Crippen molar-refractivity contribution >= 4 is 17.4 Å². The van der Waals surface area contributed by atoms with Crippen molar-refractivity contribution in [2.75, 3.05) is 13.1 Å². The van der Waals surface area contributed by atoms with Crippen LogP contribution in [0, 0.1) is 0 Å². The number of rotatable bonds is 3. The molecule has 1 aliphatic rings. The molecule has 1 aliphatic heterocycles. The van der Waals surface area contributed by atoms with Crippen molar-refractivity contribution in [1.29, 1.82) is 0 Å². The zero-order valence-corrected chi connectivity index (χ0v) is 10.5. The Labute approximate surface area is 106 Å². The first-order valence-electron chi connectivity index (χ1n) is 5.80. The van der Waals surface area contributed by atoms with Crippen LogP contribution in [0.2, 0.25) is 5.02 Å². The molecule has 2 rings (SSSR count). The number of β-amino-alcohol motifs (C(OH)–C–C–N with tert-alkyl or cyclic N) is 1. The number of hydrogen-bond acceptors (Lipinski definition) is 3. The summed E-state index contributed by atoms with van der Waals surface area (Å²) in [6.45, 7) is 3.25. The van der Waals surface area contributed by atoms with Gasteiger partial charge in [0.05, 0.1) is 12.1 Å². The summed E-state index contributed by atoms with van der Waals surface area (Å²) in [4.78, 5) is 14.2. The maximum absolute atomic E-state index is 12.2. The summed E-state index contributed by atoms with van der Waals surface area (Å²) < 4.78 is 0. The second-order valence-electron chi connectivity index (χ2n) is 4.48. The highest BCUT2D eigenvalue weighted by Crippen LogP contribution is 2.17. The van der Waals surface area contributed by atoms with E-state index in [0.717, 1.165) is 13.0 Å². The molecule has 0 amide bonds. The van der Waals surface area contributed by atoms with Gasteiger partial charge in [-0.15, -0.1) is 0 Å². The maximum Gasteiger partial charge on any atom is 0.179 e. The van der Waals surface area contributed by atoms with Crippen LogP contribution in [-0.4, -0.2) is 41.0 Å². The maximum atomic E-state index is 12.2. The second-order valence-corrected chi connectivity index (χ2v) is 4.92. The fourth-order valence-electron chi connectivity index (χ4n) is 2.14. The Hall–Kier alpha value is -0.900. The van der Waals surface area contributed by atoms with Crippen LogP contribution >= 0.6 is 11.6 Å². The smallest absolute Gasteiger partial charge is 0.179 e. The zero-order valence-electron chi connectivity index (χ0n) is 9.77. The van der Waals surface area contributed by atoms with Gasteiger partial charge >= 0.3 is 0 Å². The molecule has 92 valence electrons. The van der Waals surface area contributed by atoms with Crippen LogP contribution in [0.4, 0.5) is 0 Å². The zero-order chi connectivity index (χ0) is 12.4. The number of aliphatic hydroxyl groups is 1. The lowest BCUT2D eigenvalue weighted by atomic mass is 10.0. The summed E-state index contributed by atoms with van der Waals surface area (Å²) in [5, 5.41) is 10.1. The van der Waals surface area contributed by atoms with Gasteiger partial charge in [-0.05, 0) is 37.6 Å². The molecule has 1 N–H and O–H groups in total. The van der Waals surface area contributed by atoms with Crippen LogP contribution in [0.5, 0.6) is 0 Å². The molecule has 17 heavy (non-hydrogen) atoms. The molecule has 0 saturated carbocycles. The molecule has 1 aromatic carbocycles. The van der Waals surface area contributed by atoms with E-state index in [1.165, 1.54) is 0 Å². The van der Waals surface area contributed by atoms with Crippen molar-refractivity contribution < 1.29 is 9.90 Å². The topological polar surface area (TPSA) is 40.5 Å². The van der Waals surface area contributed by atoms with E-state index in [-0.39, 0.29) is 17.9 Å². The van der Waals surface area contributed by atoms with Crippen LogP contribution in [0.15, 0.2) is 24.3 Å². The average Bonchev–Trinajstić information content (AvgIpc) is 2.75. The molecule has 0 radical (unpaired) electrons. The van der Waals surface area contributed by atoms with Crippen molar-refractivity contribution in [3.63, 3.8) is 0 Å². The first kappa shape index (κ1) is 12.6. The number of carbonyl (C=O) groups is 1. The van der Waals surface area contributed by atoms with E-state index in [9.17, 15) is 9.90 Å². The minimum atomic E-state index is -0.296. The molecule has 0 bridgehead atoms. The van der Waals surface area contributed by atoms with E-state index in [1.54, 1.807) is 24.3 Å². The quantitative estimate of drug-likeness (QED) is 0.838. The second kappa shape index (κ2) is 5.17. The highest BCUT2D eigenvalue weighted by molar-refractivity contribution is 6.30. The van der Waals surface area contributed by atoms with E-state index >= 15 is 0 Å². The minimum absolute atomic E-state index is 0.0794. The number of aliphatic hydroxyl groups excluding tert-OH is 1. The largest absolute Gasteiger partial charge is 0.392 e. The molecule has 1 fully saturated rings. The van der Waals surface area contributed by atoms with E-state index in [4.69, 9.17) is 11.6 Å². The monoisotopic (exact) mass is 253 g/mol. The third kappa shape index (κ3) is 2.86. The van der Waals surface area contributed by atoms with Gasteiger partial charge in [-0.2, -0.15) is 0 Å². The lowest BCUT2D eigenvalue weighted by molar-refractivity contribution is 0.0847. The molecule has 2 unspecified atom stereocenters. The fourth-order valence-corrected chi connectivity index (χ4v) is 2.27.